The van der Waals surface area contributed by atoms with Gasteiger partial charge in [-0.25, -0.2) is 4.79 Å². The minimum absolute atomic E-state index is 0.106. The van der Waals surface area contributed by atoms with Crippen molar-refractivity contribution >= 4 is 11.9 Å². The van der Waals surface area contributed by atoms with E-state index in [4.69, 9.17) is 9.47 Å². The predicted octanol–water partition coefficient (Wildman–Crippen LogP) is 2.84. The Kier molecular flexibility index (Phi) is 9.74. The Balaban J connectivity index is 4.16. The molecule has 0 radical (unpaired) electrons. The molecule has 0 aliphatic heterocycles. The largest absolute Gasteiger partial charge is 0.466 e. The molecule has 0 aromatic rings. The van der Waals surface area contributed by atoms with Gasteiger partial charge in [0.05, 0.1) is 12.5 Å². The standard InChI is InChI=1S/C17H31NO4/c1-7-21-16(20)13(2)11-12-14(18-6)9-8-10-15(19)22-17(3,4)5/h8,10,13-14,18H,7,9,11-12H2,1-6H3/b10-8+/t13-,14-/m0/s1. The minimum atomic E-state index is -0.473. The lowest BCUT2D eigenvalue weighted by Gasteiger charge is -2.18. The summed E-state index contributed by atoms with van der Waals surface area (Å²) in [6, 6.07) is 0.218. The van der Waals surface area contributed by atoms with Crippen LogP contribution in [-0.4, -0.2) is 37.2 Å². The Labute approximate surface area is 134 Å². The molecule has 0 spiro atoms. The van der Waals surface area contributed by atoms with Crippen molar-refractivity contribution in [1.82, 2.24) is 5.32 Å². The van der Waals surface area contributed by atoms with Gasteiger partial charge in [-0.15, -0.1) is 0 Å². The smallest absolute Gasteiger partial charge is 0.330 e. The zero-order valence-corrected chi connectivity index (χ0v) is 14.8. The maximum atomic E-state index is 11.6. The molecule has 5 nitrogen and oxygen atoms in total. The van der Waals surface area contributed by atoms with Gasteiger partial charge in [0.2, 0.25) is 0 Å². The summed E-state index contributed by atoms with van der Waals surface area (Å²) >= 11 is 0. The Morgan fingerprint density at radius 3 is 2.36 bits per heavy atom. The van der Waals surface area contributed by atoms with E-state index >= 15 is 0 Å². The lowest BCUT2D eigenvalue weighted by Crippen LogP contribution is -2.26. The van der Waals surface area contributed by atoms with E-state index in [9.17, 15) is 9.59 Å². The van der Waals surface area contributed by atoms with E-state index in [0.717, 1.165) is 12.8 Å². The average Bonchev–Trinajstić information content (AvgIpc) is 2.40. The van der Waals surface area contributed by atoms with Crippen molar-refractivity contribution in [1.29, 1.82) is 0 Å². The Morgan fingerprint density at radius 2 is 1.86 bits per heavy atom. The molecule has 0 aliphatic rings. The van der Waals surface area contributed by atoms with Crippen LogP contribution >= 0.6 is 0 Å². The topological polar surface area (TPSA) is 64.6 Å². The molecule has 0 fully saturated rings. The molecule has 0 heterocycles. The molecule has 0 unspecified atom stereocenters. The summed E-state index contributed by atoms with van der Waals surface area (Å²) in [4.78, 5) is 23.1. The molecule has 1 N–H and O–H groups in total. The highest BCUT2D eigenvalue weighted by Gasteiger charge is 2.16. The van der Waals surface area contributed by atoms with Gasteiger partial charge in [-0.2, -0.15) is 0 Å². The second-order valence-corrected chi connectivity index (χ2v) is 6.39. The number of carbonyl (C=O) groups is 2. The molecule has 0 aromatic heterocycles. The van der Waals surface area contributed by atoms with Gasteiger partial charge in [-0.3, -0.25) is 4.79 Å². The quantitative estimate of drug-likeness (QED) is 0.524. The van der Waals surface area contributed by atoms with E-state index in [1.54, 1.807) is 0 Å². The van der Waals surface area contributed by atoms with Gasteiger partial charge in [-0.05, 0) is 54.0 Å². The maximum absolute atomic E-state index is 11.6. The Morgan fingerprint density at radius 1 is 1.23 bits per heavy atom. The molecule has 128 valence electrons. The number of esters is 2. The molecule has 0 saturated carbocycles. The number of hydrogen-bond acceptors (Lipinski definition) is 5. The first-order valence-electron chi connectivity index (χ1n) is 7.93. The molecule has 0 bridgehead atoms. The summed E-state index contributed by atoms with van der Waals surface area (Å²) in [5.74, 6) is -0.588. The monoisotopic (exact) mass is 313 g/mol. The molecule has 0 saturated heterocycles. The van der Waals surface area contributed by atoms with Crippen LogP contribution < -0.4 is 5.32 Å². The van der Waals surface area contributed by atoms with Gasteiger partial charge in [-0.1, -0.05) is 13.0 Å². The molecule has 5 heteroatoms. The van der Waals surface area contributed by atoms with Crippen LogP contribution in [0.5, 0.6) is 0 Å². The summed E-state index contributed by atoms with van der Waals surface area (Å²) in [5, 5.41) is 3.19. The number of rotatable bonds is 9. The normalized spacial score (nSPS) is 14.6. The number of ether oxygens (including phenoxy) is 2. The zero-order chi connectivity index (χ0) is 17.2. The third kappa shape index (κ3) is 10.4. The van der Waals surface area contributed by atoms with Crippen molar-refractivity contribution < 1.29 is 19.1 Å². The lowest BCUT2D eigenvalue weighted by molar-refractivity contribution is -0.149. The fourth-order valence-electron chi connectivity index (χ4n) is 1.90. The molecule has 0 aromatic carbocycles. The van der Waals surface area contributed by atoms with Crippen LogP contribution in [-0.2, 0) is 19.1 Å². The fraction of sp³-hybridized carbons (Fsp3) is 0.765. The zero-order valence-electron chi connectivity index (χ0n) is 14.8. The summed E-state index contributed by atoms with van der Waals surface area (Å²) in [5.41, 5.74) is -0.473. The van der Waals surface area contributed by atoms with E-state index in [1.807, 2.05) is 47.7 Å². The fourth-order valence-corrected chi connectivity index (χ4v) is 1.90. The highest BCUT2D eigenvalue weighted by Crippen LogP contribution is 2.12. The molecule has 2 atom stereocenters. The molecule has 22 heavy (non-hydrogen) atoms. The molecular weight excluding hydrogens is 282 g/mol. The van der Waals surface area contributed by atoms with Gasteiger partial charge >= 0.3 is 11.9 Å². The van der Waals surface area contributed by atoms with Gasteiger partial charge in [0, 0.05) is 12.1 Å². The third-order valence-corrected chi connectivity index (χ3v) is 3.13. The molecular formula is C17H31NO4. The highest BCUT2D eigenvalue weighted by atomic mass is 16.6. The van der Waals surface area contributed by atoms with Gasteiger partial charge in [0.25, 0.3) is 0 Å². The van der Waals surface area contributed by atoms with Crippen molar-refractivity contribution in [3.8, 4) is 0 Å². The lowest BCUT2D eigenvalue weighted by atomic mass is 10.00. The first-order valence-corrected chi connectivity index (χ1v) is 7.93. The highest BCUT2D eigenvalue weighted by molar-refractivity contribution is 5.82. The van der Waals surface area contributed by atoms with E-state index in [1.165, 1.54) is 6.08 Å². The van der Waals surface area contributed by atoms with E-state index in [-0.39, 0.29) is 23.9 Å². The van der Waals surface area contributed by atoms with Crippen LogP contribution in [0.4, 0.5) is 0 Å². The van der Waals surface area contributed by atoms with Gasteiger partial charge in [0.1, 0.15) is 5.60 Å². The number of carbonyl (C=O) groups excluding carboxylic acids is 2. The van der Waals surface area contributed by atoms with E-state index < -0.39 is 5.60 Å². The summed E-state index contributed by atoms with van der Waals surface area (Å²) < 4.78 is 10.2. The predicted molar refractivity (Wildman–Crippen MR) is 87.5 cm³/mol. The first-order chi connectivity index (χ1) is 10.2. The van der Waals surface area contributed by atoms with Crippen molar-refractivity contribution in [2.45, 2.75) is 65.5 Å². The maximum Gasteiger partial charge on any atom is 0.330 e. The van der Waals surface area contributed by atoms with Crippen molar-refractivity contribution in [2.24, 2.45) is 5.92 Å². The van der Waals surface area contributed by atoms with Crippen LogP contribution in [0.2, 0.25) is 0 Å². The summed E-state index contributed by atoms with van der Waals surface area (Å²) in [6.07, 6.45) is 5.58. The van der Waals surface area contributed by atoms with E-state index in [2.05, 4.69) is 5.32 Å². The second-order valence-electron chi connectivity index (χ2n) is 6.39. The number of hydrogen-bond donors (Lipinski definition) is 1. The van der Waals surface area contributed by atoms with Gasteiger partial charge < -0.3 is 14.8 Å². The molecule has 0 rings (SSSR count). The Bertz CT molecular complexity index is 371. The van der Waals surface area contributed by atoms with Crippen LogP contribution in [0.15, 0.2) is 12.2 Å². The van der Waals surface area contributed by atoms with Crippen LogP contribution in [0.25, 0.3) is 0 Å². The van der Waals surface area contributed by atoms with Crippen LogP contribution in [0.3, 0.4) is 0 Å². The van der Waals surface area contributed by atoms with Crippen molar-refractivity contribution in [3.63, 3.8) is 0 Å². The van der Waals surface area contributed by atoms with Crippen molar-refractivity contribution in [3.05, 3.63) is 12.2 Å². The summed E-state index contributed by atoms with van der Waals surface area (Å²) in [6.45, 7) is 9.62. The Hall–Kier alpha value is -1.36. The summed E-state index contributed by atoms with van der Waals surface area (Å²) in [7, 11) is 1.88. The first kappa shape index (κ1) is 20.6. The third-order valence-electron chi connectivity index (χ3n) is 3.13. The van der Waals surface area contributed by atoms with Crippen LogP contribution in [0.1, 0.15) is 53.9 Å². The molecule has 0 amide bonds. The van der Waals surface area contributed by atoms with Gasteiger partial charge in [0.15, 0.2) is 0 Å². The SMILES string of the molecule is CCOC(=O)[C@@H](C)CC[C@H](C/C=C/C(=O)OC(C)(C)C)NC. The average molecular weight is 313 g/mol. The van der Waals surface area contributed by atoms with E-state index in [0.29, 0.717) is 13.0 Å². The molecule has 0 aliphatic carbocycles. The second kappa shape index (κ2) is 10.4. The minimum Gasteiger partial charge on any atom is -0.466 e. The number of nitrogens with one attached hydrogen (secondary N) is 1. The van der Waals surface area contributed by atoms with Crippen molar-refractivity contribution in [2.75, 3.05) is 13.7 Å². The van der Waals surface area contributed by atoms with Crippen LogP contribution in [0, 0.1) is 5.92 Å².